The Kier molecular flexibility index (Phi) is 6.44. The first-order valence-corrected chi connectivity index (χ1v) is 13.4. The molecule has 174 valence electrons. The zero-order valence-electron chi connectivity index (χ0n) is 20.7. The van der Waals surface area contributed by atoms with Crippen molar-refractivity contribution in [2.75, 3.05) is 0 Å². The number of hydrogen-bond donors (Lipinski definition) is 2. The quantitative estimate of drug-likeness (QED) is 0.522. The van der Waals surface area contributed by atoms with E-state index in [0.29, 0.717) is 23.2 Å². The number of fused-ring (bicyclic) bond motifs is 5. The SMILES string of the molecule is CC(C)[C@@H](C)CC[C@@H](C)C1CCC2C3CC[C@H]4CC(O)CCC4(C)C3C(O)CC21C. The van der Waals surface area contributed by atoms with Crippen LogP contribution in [-0.4, -0.2) is 22.4 Å². The molecule has 0 spiro atoms. The molecule has 0 amide bonds. The van der Waals surface area contributed by atoms with E-state index >= 15 is 0 Å². The Hall–Kier alpha value is -0.0800. The third kappa shape index (κ3) is 3.70. The molecule has 2 nitrogen and oxygen atoms in total. The van der Waals surface area contributed by atoms with E-state index in [2.05, 4.69) is 41.5 Å². The lowest BCUT2D eigenvalue weighted by Gasteiger charge is -2.62. The average molecular weight is 419 g/mol. The predicted molar refractivity (Wildman–Crippen MR) is 125 cm³/mol. The fraction of sp³-hybridized carbons (Fsp3) is 1.00. The summed E-state index contributed by atoms with van der Waals surface area (Å²) in [5.41, 5.74) is 0.581. The van der Waals surface area contributed by atoms with Gasteiger partial charge >= 0.3 is 0 Å². The Morgan fingerprint density at radius 3 is 2.30 bits per heavy atom. The van der Waals surface area contributed by atoms with Crippen LogP contribution >= 0.6 is 0 Å². The summed E-state index contributed by atoms with van der Waals surface area (Å²) in [7, 11) is 0. The van der Waals surface area contributed by atoms with Crippen LogP contribution in [0, 0.1) is 58.2 Å². The van der Waals surface area contributed by atoms with E-state index in [1.807, 2.05) is 0 Å². The summed E-state index contributed by atoms with van der Waals surface area (Å²) in [5, 5.41) is 21.9. The summed E-state index contributed by atoms with van der Waals surface area (Å²) in [5.74, 6) is 5.78. The summed E-state index contributed by atoms with van der Waals surface area (Å²) in [6.45, 7) is 14.7. The molecule has 2 N–H and O–H groups in total. The number of hydrogen-bond acceptors (Lipinski definition) is 2. The van der Waals surface area contributed by atoms with Crippen molar-refractivity contribution < 1.29 is 10.2 Å². The minimum atomic E-state index is -0.137. The number of aliphatic hydroxyl groups excluding tert-OH is 2. The van der Waals surface area contributed by atoms with Gasteiger partial charge in [-0.25, -0.2) is 0 Å². The second-order valence-corrected chi connectivity index (χ2v) is 13.2. The van der Waals surface area contributed by atoms with Gasteiger partial charge in [0.2, 0.25) is 0 Å². The average Bonchev–Trinajstić information content (AvgIpc) is 3.02. The second-order valence-electron chi connectivity index (χ2n) is 13.2. The van der Waals surface area contributed by atoms with Gasteiger partial charge in [0.1, 0.15) is 0 Å². The molecule has 0 saturated heterocycles. The van der Waals surface area contributed by atoms with Crippen LogP contribution in [0.25, 0.3) is 0 Å². The summed E-state index contributed by atoms with van der Waals surface area (Å²) >= 11 is 0. The Balaban J connectivity index is 1.51. The van der Waals surface area contributed by atoms with Gasteiger partial charge in [0.25, 0.3) is 0 Å². The van der Waals surface area contributed by atoms with Crippen LogP contribution in [0.5, 0.6) is 0 Å². The van der Waals surface area contributed by atoms with Crippen LogP contribution in [0.4, 0.5) is 0 Å². The van der Waals surface area contributed by atoms with Crippen LogP contribution in [0.1, 0.15) is 106 Å². The summed E-state index contributed by atoms with van der Waals surface area (Å²) in [6.07, 6.45) is 11.9. The van der Waals surface area contributed by atoms with Crippen LogP contribution in [0.3, 0.4) is 0 Å². The van der Waals surface area contributed by atoms with Gasteiger partial charge in [-0.1, -0.05) is 54.4 Å². The van der Waals surface area contributed by atoms with Crippen LogP contribution in [0.15, 0.2) is 0 Å². The molecule has 2 heteroatoms. The van der Waals surface area contributed by atoms with Gasteiger partial charge in [-0.3, -0.25) is 0 Å². The molecular weight excluding hydrogens is 368 g/mol. The number of rotatable bonds is 5. The highest BCUT2D eigenvalue weighted by Crippen LogP contribution is 2.68. The highest BCUT2D eigenvalue weighted by atomic mass is 16.3. The molecule has 0 heterocycles. The van der Waals surface area contributed by atoms with Gasteiger partial charge in [0.05, 0.1) is 12.2 Å². The van der Waals surface area contributed by atoms with Gasteiger partial charge in [-0.05, 0) is 110 Å². The molecule has 0 aliphatic heterocycles. The molecule has 4 aliphatic rings. The minimum absolute atomic E-state index is 0.101. The summed E-state index contributed by atoms with van der Waals surface area (Å²) in [4.78, 5) is 0. The first-order chi connectivity index (χ1) is 14.1. The lowest BCUT2D eigenvalue weighted by atomic mass is 9.43. The molecule has 4 aliphatic carbocycles. The van der Waals surface area contributed by atoms with Crippen molar-refractivity contribution in [3.05, 3.63) is 0 Å². The van der Waals surface area contributed by atoms with Gasteiger partial charge in [0, 0.05) is 0 Å². The van der Waals surface area contributed by atoms with Gasteiger partial charge in [-0.2, -0.15) is 0 Å². The van der Waals surface area contributed by atoms with E-state index < -0.39 is 0 Å². The Labute approximate surface area is 186 Å². The first kappa shape index (κ1) is 23.1. The molecular formula is C28H50O2. The van der Waals surface area contributed by atoms with Crippen LogP contribution in [-0.2, 0) is 0 Å². The molecule has 0 bridgehead atoms. The third-order valence-corrected chi connectivity index (χ3v) is 11.5. The van der Waals surface area contributed by atoms with Gasteiger partial charge in [0.15, 0.2) is 0 Å². The van der Waals surface area contributed by atoms with Crippen molar-refractivity contribution in [1.29, 1.82) is 0 Å². The lowest BCUT2D eigenvalue weighted by molar-refractivity contribution is -0.179. The van der Waals surface area contributed by atoms with E-state index in [1.165, 1.54) is 38.5 Å². The Morgan fingerprint density at radius 2 is 1.60 bits per heavy atom. The Bertz CT molecular complexity index is 601. The van der Waals surface area contributed by atoms with E-state index in [4.69, 9.17) is 0 Å². The standard InChI is InChI=1S/C28H50O2/c1-17(2)18(3)7-8-19(4)23-11-12-24-22-10-9-20-15-21(29)13-14-27(20,5)26(22)25(30)16-28(23,24)6/h17-26,29-30H,7-16H2,1-6H3/t18-,19+,20-,21?,22?,23?,24?,25?,26?,27?,28?/m0/s1. The zero-order valence-corrected chi connectivity index (χ0v) is 20.7. The van der Waals surface area contributed by atoms with E-state index in [-0.39, 0.29) is 17.6 Å². The van der Waals surface area contributed by atoms with Crippen molar-refractivity contribution in [3.63, 3.8) is 0 Å². The topological polar surface area (TPSA) is 40.5 Å². The van der Waals surface area contributed by atoms with E-state index in [0.717, 1.165) is 55.3 Å². The fourth-order valence-electron chi connectivity index (χ4n) is 9.39. The van der Waals surface area contributed by atoms with Crippen molar-refractivity contribution in [3.8, 4) is 0 Å². The molecule has 30 heavy (non-hydrogen) atoms. The third-order valence-electron chi connectivity index (χ3n) is 11.5. The van der Waals surface area contributed by atoms with E-state index in [1.54, 1.807) is 0 Å². The normalized spacial score (nSPS) is 50.5. The summed E-state index contributed by atoms with van der Waals surface area (Å²) in [6, 6.07) is 0. The maximum atomic E-state index is 11.6. The van der Waals surface area contributed by atoms with Crippen molar-refractivity contribution in [2.24, 2.45) is 58.2 Å². The Morgan fingerprint density at radius 1 is 0.867 bits per heavy atom. The molecule has 0 aromatic carbocycles. The maximum absolute atomic E-state index is 11.6. The maximum Gasteiger partial charge on any atom is 0.0581 e. The largest absolute Gasteiger partial charge is 0.393 e. The van der Waals surface area contributed by atoms with Crippen LogP contribution in [0.2, 0.25) is 0 Å². The molecule has 0 aromatic rings. The fourth-order valence-corrected chi connectivity index (χ4v) is 9.39. The van der Waals surface area contributed by atoms with Crippen molar-refractivity contribution in [1.82, 2.24) is 0 Å². The smallest absolute Gasteiger partial charge is 0.0581 e. The molecule has 0 aromatic heterocycles. The zero-order chi connectivity index (χ0) is 21.8. The van der Waals surface area contributed by atoms with Crippen molar-refractivity contribution in [2.45, 2.75) is 118 Å². The molecule has 4 fully saturated rings. The van der Waals surface area contributed by atoms with Gasteiger partial charge < -0.3 is 10.2 Å². The summed E-state index contributed by atoms with van der Waals surface area (Å²) < 4.78 is 0. The highest BCUT2D eigenvalue weighted by Gasteiger charge is 2.63. The first-order valence-electron chi connectivity index (χ1n) is 13.4. The monoisotopic (exact) mass is 418 g/mol. The molecule has 4 rings (SSSR count). The minimum Gasteiger partial charge on any atom is -0.393 e. The highest BCUT2D eigenvalue weighted by molar-refractivity contribution is 5.12. The van der Waals surface area contributed by atoms with Crippen molar-refractivity contribution >= 4 is 0 Å². The van der Waals surface area contributed by atoms with Gasteiger partial charge in [-0.15, -0.1) is 0 Å². The number of aliphatic hydroxyl groups is 2. The second kappa shape index (κ2) is 8.36. The molecule has 8 unspecified atom stereocenters. The van der Waals surface area contributed by atoms with E-state index in [9.17, 15) is 10.2 Å². The van der Waals surface area contributed by atoms with Crippen LogP contribution < -0.4 is 0 Å². The molecule has 11 atom stereocenters. The molecule has 0 radical (unpaired) electrons. The lowest BCUT2D eigenvalue weighted by Crippen LogP contribution is -2.59. The predicted octanol–water partition coefficient (Wildman–Crippen LogP) is 6.69. The molecule has 4 saturated carbocycles.